The maximum absolute atomic E-state index is 13.6. The van der Waals surface area contributed by atoms with Crippen molar-refractivity contribution in [3.8, 4) is 5.75 Å². The number of aliphatic imine (C=N–C) groups is 1. The van der Waals surface area contributed by atoms with Gasteiger partial charge in [-0.15, -0.1) is 0 Å². The van der Waals surface area contributed by atoms with Crippen LogP contribution in [0.1, 0.15) is 56.6 Å². The van der Waals surface area contributed by atoms with Gasteiger partial charge < -0.3 is 9.47 Å². The number of carbonyl (C=O) groups excluding carboxylic acids is 2. The first-order valence-electron chi connectivity index (χ1n) is 11.2. The molecule has 4 rings (SSSR count). The van der Waals surface area contributed by atoms with Crippen molar-refractivity contribution in [1.29, 1.82) is 0 Å². The van der Waals surface area contributed by atoms with Crippen LogP contribution in [0.15, 0.2) is 64.8 Å². The first kappa shape index (κ1) is 23.2. The van der Waals surface area contributed by atoms with Crippen molar-refractivity contribution in [1.82, 2.24) is 0 Å². The molecule has 0 spiro atoms. The van der Waals surface area contributed by atoms with Crippen LogP contribution in [-0.2, 0) is 14.3 Å². The second-order valence-electron chi connectivity index (χ2n) is 8.88. The average Bonchev–Trinajstić information content (AvgIpc) is 2.78. The molecule has 1 aliphatic heterocycles. The lowest BCUT2D eigenvalue weighted by Crippen LogP contribution is -2.38. The van der Waals surface area contributed by atoms with E-state index in [4.69, 9.17) is 26.1 Å². The second-order valence-corrected chi connectivity index (χ2v) is 9.31. The fraction of sp³-hybridized carbons (Fsp3) is 0.370. The predicted molar refractivity (Wildman–Crippen MR) is 129 cm³/mol. The number of rotatable bonds is 5. The van der Waals surface area contributed by atoms with Gasteiger partial charge in [-0.05, 0) is 56.9 Å². The predicted octanol–water partition coefficient (Wildman–Crippen LogP) is 5.88. The van der Waals surface area contributed by atoms with Crippen molar-refractivity contribution < 1.29 is 19.1 Å². The SMILES string of the molecule is COC(=O)C1C(C)=NC2=C(C(=O)C[C@@H](c3ccc(Cl)cc3)C2)[C@H]1c1ccccc1OC(C)C. The van der Waals surface area contributed by atoms with Gasteiger partial charge in [-0.2, -0.15) is 0 Å². The Balaban J connectivity index is 1.83. The van der Waals surface area contributed by atoms with E-state index >= 15 is 0 Å². The van der Waals surface area contributed by atoms with Gasteiger partial charge in [0.2, 0.25) is 0 Å². The van der Waals surface area contributed by atoms with E-state index in [9.17, 15) is 9.59 Å². The number of ether oxygens (including phenoxy) is 2. The summed E-state index contributed by atoms with van der Waals surface area (Å²) in [5.41, 5.74) is 3.85. The van der Waals surface area contributed by atoms with Crippen LogP contribution in [-0.4, -0.2) is 30.7 Å². The molecule has 172 valence electrons. The molecule has 33 heavy (non-hydrogen) atoms. The summed E-state index contributed by atoms with van der Waals surface area (Å²) in [6.07, 6.45) is 0.926. The third-order valence-corrected chi connectivity index (χ3v) is 6.55. The lowest BCUT2D eigenvalue weighted by Gasteiger charge is -2.37. The minimum atomic E-state index is -0.679. The molecule has 1 unspecified atom stereocenters. The van der Waals surface area contributed by atoms with Crippen molar-refractivity contribution in [2.75, 3.05) is 7.11 Å². The maximum Gasteiger partial charge on any atom is 0.315 e. The topological polar surface area (TPSA) is 65.0 Å². The number of carbonyl (C=O) groups is 2. The number of nitrogens with zero attached hydrogens (tertiary/aromatic N) is 1. The van der Waals surface area contributed by atoms with Crippen LogP contribution in [0, 0.1) is 5.92 Å². The largest absolute Gasteiger partial charge is 0.491 e. The quantitative estimate of drug-likeness (QED) is 0.517. The van der Waals surface area contributed by atoms with Crippen LogP contribution in [0.2, 0.25) is 5.02 Å². The van der Waals surface area contributed by atoms with E-state index in [1.165, 1.54) is 7.11 Å². The van der Waals surface area contributed by atoms with Crippen molar-refractivity contribution in [2.45, 2.75) is 51.6 Å². The fourth-order valence-electron chi connectivity index (χ4n) is 4.90. The van der Waals surface area contributed by atoms with Gasteiger partial charge in [0, 0.05) is 39.9 Å². The molecule has 2 aliphatic rings. The van der Waals surface area contributed by atoms with Gasteiger partial charge in [-0.1, -0.05) is 41.9 Å². The molecule has 0 fully saturated rings. The molecule has 2 aromatic rings. The molecule has 0 aromatic heterocycles. The standard InChI is InChI=1S/C27H28ClNO4/c1-15(2)33-23-8-6-5-7-20(23)25-24(27(31)32-4)16(3)29-21-13-18(14-22(30)26(21)25)17-9-11-19(28)12-10-17/h5-12,15,18,24-25H,13-14H2,1-4H3/t18-,24?,25-/m0/s1. The highest BCUT2D eigenvalue weighted by atomic mass is 35.5. The fourth-order valence-corrected chi connectivity index (χ4v) is 5.02. The molecule has 0 bridgehead atoms. The molecule has 3 atom stereocenters. The van der Waals surface area contributed by atoms with Crippen LogP contribution in [0.5, 0.6) is 5.75 Å². The zero-order chi connectivity index (χ0) is 23.7. The molecule has 0 radical (unpaired) electrons. The Hall–Kier alpha value is -2.92. The highest BCUT2D eigenvalue weighted by Gasteiger charge is 2.45. The summed E-state index contributed by atoms with van der Waals surface area (Å²) in [5.74, 6) is -0.895. The highest BCUT2D eigenvalue weighted by molar-refractivity contribution is 6.30. The Morgan fingerprint density at radius 3 is 2.45 bits per heavy atom. The van der Waals surface area contributed by atoms with Crippen molar-refractivity contribution in [3.05, 3.63) is 76.0 Å². The van der Waals surface area contributed by atoms with Gasteiger partial charge in [0.1, 0.15) is 11.7 Å². The number of esters is 1. The lowest BCUT2D eigenvalue weighted by atomic mass is 9.69. The normalized spacial score (nSPS) is 22.7. The summed E-state index contributed by atoms with van der Waals surface area (Å²) in [6, 6.07) is 15.2. The van der Waals surface area contributed by atoms with Crippen molar-refractivity contribution in [3.63, 3.8) is 0 Å². The number of hydrogen-bond donors (Lipinski definition) is 0. The molecule has 6 heteroatoms. The summed E-state index contributed by atoms with van der Waals surface area (Å²) < 4.78 is 11.2. The average molecular weight is 466 g/mol. The van der Waals surface area contributed by atoms with Gasteiger partial charge in [0.25, 0.3) is 0 Å². The molecule has 0 amide bonds. The van der Waals surface area contributed by atoms with E-state index < -0.39 is 17.8 Å². The van der Waals surface area contributed by atoms with E-state index in [-0.39, 0.29) is 17.8 Å². The van der Waals surface area contributed by atoms with E-state index in [1.807, 2.05) is 69.3 Å². The lowest BCUT2D eigenvalue weighted by molar-refractivity contribution is -0.143. The molecule has 2 aromatic carbocycles. The second kappa shape index (κ2) is 9.52. The highest BCUT2D eigenvalue weighted by Crippen LogP contribution is 2.48. The smallest absolute Gasteiger partial charge is 0.315 e. The molecule has 1 aliphatic carbocycles. The maximum atomic E-state index is 13.6. The Labute approximate surface area is 199 Å². The number of hydrogen-bond acceptors (Lipinski definition) is 5. The summed E-state index contributed by atoms with van der Waals surface area (Å²) in [5, 5.41) is 0.662. The Kier molecular flexibility index (Phi) is 6.71. The number of halogens is 1. The van der Waals surface area contributed by atoms with Gasteiger partial charge in [0.15, 0.2) is 5.78 Å². The summed E-state index contributed by atoms with van der Waals surface area (Å²) in [4.78, 5) is 31.3. The summed E-state index contributed by atoms with van der Waals surface area (Å²) >= 11 is 6.05. The molecule has 0 saturated heterocycles. The minimum Gasteiger partial charge on any atom is -0.491 e. The molecular weight excluding hydrogens is 438 g/mol. The number of para-hydroxylation sites is 1. The van der Waals surface area contributed by atoms with Crippen molar-refractivity contribution >= 4 is 29.1 Å². The number of allylic oxidation sites excluding steroid dienone is 2. The molecule has 0 N–H and O–H groups in total. The number of Topliss-reactive ketones (excluding diaryl/α,β-unsaturated/α-hetero) is 1. The van der Waals surface area contributed by atoms with E-state index in [0.717, 1.165) is 16.8 Å². The van der Waals surface area contributed by atoms with Gasteiger partial charge in [-0.25, -0.2) is 0 Å². The zero-order valence-corrected chi connectivity index (χ0v) is 20.1. The molecule has 1 heterocycles. The van der Waals surface area contributed by atoms with Crippen LogP contribution in [0.4, 0.5) is 0 Å². The minimum absolute atomic E-state index is 0.00528. The Bertz CT molecular complexity index is 1130. The third kappa shape index (κ3) is 4.60. The molecule has 5 nitrogen and oxygen atoms in total. The van der Waals surface area contributed by atoms with Gasteiger partial charge >= 0.3 is 5.97 Å². The molecular formula is C27H28ClNO4. The van der Waals surface area contributed by atoms with Crippen LogP contribution in [0.3, 0.4) is 0 Å². The monoisotopic (exact) mass is 465 g/mol. The molecule has 0 saturated carbocycles. The number of methoxy groups -OCH3 is 1. The summed E-state index contributed by atoms with van der Waals surface area (Å²) in [6.45, 7) is 5.74. The summed E-state index contributed by atoms with van der Waals surface area (Å²) in [7, 11) is 1.37. The Morgan fingerprint density at radius 2 is 1.79 bits per heavy atom. The van der Waals surface area contributed by atoms with Gasteiger partial charge in [0.05, 0.1) is 13.2 Å². The van der Waals surface area contributed by atoms with E-state index in [2.05, 4.69) is 0 Å². The van der Waals surface area contributed by atoms with Crippen LogP contribution >= 0.6 is 11.6 Å². The van der Waals surface area contributed by atoms with Crippen LogP contribution in [0.25, 0.3) is 0 Å². The van der Waals surface area contributed by atoms with E-state index in [0.29, 0.717) is 34.9 Å². The van der Waals surface area contributed by atoms with E-state index in [1.54, 1.807) is 0 Å². The first-order valence-corrected chi connectivity index (χ1v) is 11.6. The zero-order valence-electron chi connectivity index (χ0n) is 19.3. The number of ketones is 1. The Morgan fingerprint density at radius 1 is 1.09 bits per heavy atom. The van der Waals surface area contributed by atoms with Crippen molar-refractivity contribution in [2.24, 2.45) is 10.9 Å². The number of benzene rings is 2. The third-order valence-electron chi connectivity index (χ3n) is 6.30. The van der Waals surface area contributed by atoms with Gasteiger partial charge in [-0.3, -0.25) is 14.6 Å². The first-order chi connectivity index (χ1) is 15.8. The van der Waals surface area contributed by atoms with Crippen LogP contribution < -0.4 is 4.74 Å².